The Kier molecular flexibility index (Phi) is 7.93. The number of nitriles is 1. The van der Waals surface area contributed by atoms with E-state index in [9.17, 15) is 31.6 Å². The minimum Gasteiger partial charge on any atom is -0.373 e. The number of anilines is 3. The Morgan fingerprint density at radius 1 is 0.913 bits per heavy atom. The number of alkyl halides is 3. The van der Waals surface area contributed by atoms with Crippen molar-refractivity contribution in [2.75, 3.05) is 10.6 Å². The first kappa shape index (κ1) is 30.4. The summed E-state index contributed by atoms with van der Waals surface area (Å²) in [5, 5.41) is 24.4. The molecule has 6 rings (SSSR count). The van der Waals surface area contributed by atoms with E-state index in [2.05, 4.69) is 30.9 Å². The van der Waals surface area contributed by atoms with E-state index in [1.807, 2.05) is 6.07 Å². The lowest BCUT2D eigenvalue weighted by Crippen LogP contribution is -2.13. The van der Waals surface area contributed by atoms with E-state index < -0.39 is 35.4 Å². The number of pyridine rings is 2. The number of nitrogens with one attached hydrogen (secondary N) is 2. The van der Waals surface area contributed by atoms with Crippen LogP contribution in [-0.4, -0.2) is 25.0 Å². The topological polar surface area (TPSA) is 104 Å². The van der Waals surface area contributed by atoms with Crippen molar-refractivity contribution in [2.24, 2.45) is 0 Å². The Morgan fingerprint density at radius 2 is 1.67 bits per heavy atom. The fraction of sp³-hybridized carbons (Fsp3) is 0.0645. The fourth-order valence-electron chi connectivity index (χ4n) is 4.79. The summed E-state index contributed by atoms with van der Waals surface area (Å²) in [6, 6.07) is 15.3. The molecule has 46 heavy (non-hydrogen) atoms. The normalized spacial score (nSPS) is 12.1. The Balaban J connectivity index is 1.45. The average Bonchev–Trinajstić information content (AvgIpc) is 3.52. The highest BCUT2D eigenvalue weighted by atomic mass is 35.5. The highest BCUT2D eigenvalue weighted by Gasteiger charge is 2.34. The number of hydrogen-bond donors (Lipinski definition) is 2. The third kappa shape index (κ3) is 6.00. The Hall–Kier alpha value is -5.68. The van der Waals surface area contributed by atoms with Gasteiger partial charge in [-0.05, 0) is 42.0 Å². The van der Waals surface area contributed by atoms with E-state index >= 15 is 0 Å². The SMILES string of the molecule is N#Cc1cnc2c(Cl)cc(NC(c3ccc(F)cc3)c3cn(-c4ccccc4C(F)(F)F)nn3)cc2c1Nc1cnc(F)c(F)c1. The van der Waals surface area contributed by atoms with Crippen LogP contribution in [0, 0.1) is 28.9 Å². The van der Waals surface area contributed by atoms with E-state index in [1.165, 1.54) is 60.9 Å². The standard InChI is InChI=1S/C31H17ClF6N8/c32-23-10-19(9-21-27(17(12-39)13-40-29(21)23)43-20-11-24(34)30(35)41-14-20)42-28(16-5-7-18(33)8-6-16)25-15-46(45-44-25)26-4-2-1-3-22(26)31(36,37)38/h1-11,13-15,28,42H,(H,40,43). The minimum atomic E-state index is -4.66. The molecule has 0 bridgehead atoms. The third-order valence-corrected chi connectivity index (χ3v) is 7.18. The van der Waals surface area contributed by atoms with E-state index in [-0.39, 0.29) is 38.9 Å². The minimum absolute atomic E-state index is 0.0392. The van der Waals surface area contributed by atoms with Crippen molar-refractivity contribution in [3.63, 3.8) is 0 Å². The lowest BCUT2D eigenvalue weighted by atomic mass is 10.0. The van der Waals surface area contributed by atoms with Crippen LogP contribution in [0.3, 0.4) is 0 Å². The molecule has 0 aliphatic rings. The molecule has 1 unspecified atom stereocenters. The van der Waals surface area contributed by atoms with Crippen LogP contribution in [-0.2, 0) is 6.18 Å². The van der Waals surface area contributed by atoms with Crippen LogP contribution in [0.2, 0.25) is 5.02 Å². The summed E-state index contributed by atoms with van der Waals surface area (Å²) in [5.41, 5.74) is 0.327. The summed E-state index contributed by atoms with van der Waals surface area (Å²) >= 11 is 6.60. The zero-order valence-electron chi connectivity index (χ0n) is 23.0. The molecule has 6 aromatic rings. The number of aromatic nitrogens is 5. The van der Waals surface area contributed by atoms with Crippen molar-refractivity contribution in [1.82, 2.24) is 25.0 Å². The summed E-state index contributed by atoms with van der Waals surface area (Å²) in [6.07, 6.45) is -1.04. The van der Waals surface area contributed by atoms with Crippen molar-refractivity contribution in [3.05, 3.63) is 130 Å². The molecular formula is C31H17ClF6N8. The van der Waals surface area contributed by atoms with Crippen LogP contribution < -0.4 is 10.6 Å². The van der Waals surface area contributed by atoms with Gasteiger partial charge in [0.2, 0.25) is 5.95 Å². The molecule has 0 aliphatic carbocycles. The number of hydrogen-bond acceptors (Lipinski definition) is 7. The van der Waals surface area contributed by atoms with Crippen molar-refractivity contribution in [1.29, 1.82) is 5.26 Å². The van der Waals surface area contributed by atoms with Gasteiger partial charge < -0.3 is 10.6 Å². The highest BCUT2D eigenvalue weighted by molar-refractivity contribution is 6.36. The fourth-order valence-corrected chi connectivity index (χ4v) is 5.05. The lowest BCUT2D eigenvalue weighted by Gasteiger charge is -2.20. The number of benzene rings is 3. The predicted octanol–water partition coefficient (Wildman–Crippen LogP) is 8.12. The third-order valence-electron chi connectivity index (χ3n) is 6.89. The molecule has 8 nitrogen and oxygen atoms in total. The molecule has 0 radical (unpaired) electrons. The smallest absolute Gasteiger partial charge is 0.373 e. The zero-order valence-corrected chi connectivity index (χ0v) is 23.7. The summed E-state index contributed by atoms with van der Waals surface area (Å²) in [6.45, 7) is 0. The Morgan fingerprint density at radius 3 is 2.39 bits per heavy atom. The molecule has 0 saturated heterocycles. The van der Waals surface area contributed by atoms with Crippen LogP contribution in [0.25, 0.3) is 16.6 Å². The van der Waals surface area contributed by atoms with Gasteiger partial charge in [-0.3, -0.25) is 4.98 Å². The quantitative estimate of drug-likeness (QED) is 0.133. The molecule has 3 heterocycles. The molecule has 0 spiro atoms. The maximum Gasteiger partial charge on any atom is 0.418 e. The predicted molar refractivity (Wildman–Crippen MR) is 157 cm³/mol. The van der Waals surface area contributed by atoms with Gasteiger partial charge in [-0.2, -0.15) is 22.8 Å². The van der Waals surface area contributed by atoms with Crippen molar-refractivity contribution >= 4 is 39.6 Å². The van der Waals surface area contributed by atoms with Gasteiger partial charge in [-0.1, -0.05) is 41.1 Å². The largest absolute Gasteiger partial charge is 0.418 e. The van der Waals surface area contributed by atoms with Crippen LogP contribution in [0.15, 0.2) is 85.3 Å². The van der Waals surface area contributed by atoms with Gasteiger partial charge in [-0.25, -0.2) is 18.4 Å². The first-order valence-corrected chi connectivity index (χ1v) is 13.6. The van der Waals surface area contributed by atoms with Crippen LogP contribution in [0.4, 0.5) is 43.4 Å². The molecule has 0 saturated carbocycles. The van der Waals surface area contributed by atoms with Crippen molar-refractivity contribution in [3.8, 4) is 11.8 Å². The summed E-state index contributed by atoms with van der Waals surface area (Å²) in [4.78, 5) is 7.62. The summed E-state index contributed by atoms with van der Waals surface area (Å²) in [5.74, 6) is -3.03. The number of nitrogens with zero attached hydrogens (tertiary/aromatic N) is 6. The van der Waals surface area contributed by atoms with E-state index in [0.29, 0.717) is 16.6 Å². The maximum atomic E-state index is 13.9. The van der Waals surface area contributed by atoms with Crippen molar-refractivity contribution in [2.45, 2.75) is 12.2 Å². The second-order valence-electron chi connectivity index (χ2n) is 9.87. The first-order valence-electron chi connectivity index (χ1n) is 13.2. The van der Waals surface area contributed by atoms with Gasteiger partial charge in [0.1, 0.15) is 17.6 Å². The van der Waals surface area contributed by atoms with Gasteiger partial charge in [0.15, 0.2) is 5.82 Å². The monoisotopic (exact) mass is 650 g/mol. The summed E-state index contributed by atoms with van der Waals surface area (Å²) in [7, 11) is 0. The number of fused-ring (bicyclic) bond motifs is 1. The number of para-hydroxylation sites is 1. The van der Waals surface area contributed by atoms with Gasteiger partial charge in [0.05, 0.1) is 57.2 Å². The zero-order chi connectivity index (χ0) is 32.6. The molecule has 15 heteroatoms. The molecule has 3 aromatic heterocycles. The Bertz CT molecular complexity index is 2130. The molecule has 0 fully saturated rings. The number of halogens is 7. The second kappa shape index (κ2) is 12.0. The summed E-state index contributed by atoms with van der Waals surface area (Å²) < 4.78 is 83.4. The maximum absolute atomic E-state index is 13.9. The molecule has 0 amide bonds. The van der Waals surface area contributed by atoms with Gasteiger partial charge in [-0.15, -0.1) is 5.10 Å². The first-order chi connectivity index (χ1) is 22.0. The van der Waals surface area contributed by atoms with E-state index in [0.717, 1.165) is 23.0 Å². The average molecular weight is 651 g/mol. The molecule has 230 valence electrons. The van der Waals surface area contributed by atoms with Crippen LogP contribution >= 0.6 is 11.6 Å². The van der Waals surface area contributed by atoms with Gasteiger partial charge >= 0.3 is 6.18 Å². The van der Waals surface area contributed by atoms with Crippen LogP contribution in [0.5, 0.6) is 0 Å². The van der Waals surface area contributed by atoms with Gasteiger partial charge in [0, 0.05) is 23.3 Å². The molecule has 1 atom stereocenters. The van der Waals surface area contributed by atoms with Crippen molar-refractivity contribution < 1.29 is 26.3 Å². The molecule has 2 N–H and O–H groups in total. The second-order valence-corrected chi connectivity index (χ2v) is 10.3. The molecular weight excluding hydrogens is 634 g/mol. The van der Waals surface area contributed by atoms with E-state index in [1.54, 1.807) is 6.07 Å². The lowest BCUT2D eigenvalue weighted by molar-refractivity contribution is -0.137. The van der Waals surface area contributed by atoms with Crippen LogP contribution in [0.1, 0.15) is 28.4 Å². The number of rotatable bonds is 7. The van der Waals surface area contributed by atoms with Gasteiger partial charge in [0.25, 0.3) is 0 Å². The Labute approximate surface area is 260 Å². The van der Waals surface area contributed by atoms with E-state index in [4.69, 9.17) is 11.6 Å². The highest BCUT2D eigenvalue weighted by Crippen LogP contribution is 2.37. The molecule has 3 aromatic carbocycles. The molecule has 0 aliphatic heterocycles.